The fourth-order valence-corrected chi connectivity index (χ4v) is 2.44. The summed E-state index contributed by atoms with van der Waals surface area (Å²) in [6, 6.07) is 0. The van der Waals surface area contributed by atoms with E-state index in [-0.39, 0.29) is 19.8 Å². The first-order valence-electron chi connectivity index (χ1n) is 4.92. The van der Waals surface area contributed by atoms with Gasteiger partial charge >= 0.3 is 5.97 Å². The minimum atomic E-state index is -1.84. The molecule has 0 aromatic rings. The quantitative estimate of drug-likeness (QED) is 0.469. The van der Waals surface area contributed by atoms with Gasteiger partial charge in [0.25, 0.3) is 0 Å². The van der Waals surface area contributed by atoms with Gasteiger partial charge in [-0.05, 0) is 0 Å². The van der Waals surface area contributed by atoms with Crippen LogP contribution in [-0.4, -0.2) is 56.4 Å². The van der Waals surface area contributed by atoms with Crippen molar-refractivity contribution in [1.82, 2.24) is 0 Å². The van der Waals surface area contributed by atoms with Gasteiger partial charge in [-0.25, -0.2) is 4.79 Å². The van der Waals surface area contributed by atoms with Gasteiger partial charge in [0.1, 0.15) is 5.73 Å². The van der Waals surface area contributed by atoms with Gasteiger partial charge in [0.15, 0.2) is 0 Å². The van der Waals surface area contributed by atoms with Crippen LogP contribution < -0.4 is 0 Å². The van der Waals surface area contributed by atoms with E-state index in [2.05, 4.69) is 0 Å². The first-order valence-corrected chi connectivity index (χ1v) is 8.50. The highest BCUT2D eigenvalue weighted by atomic mass is 28.3. The van der Waals surface area contributed by atoms with Crippen LogP contribution in [0.25, 0.3) is 0 Å². The number of aliphatic hydroxyl groups is 1. The molecule has 0 aliphatic rings. The van der Waals surface area contributed by atoms with Crippen molar-refractivity contribution >= 4 is 14.0 Å². The average molecular weight is 236 g/mol. The molecule has 90 valence electrons. The lowest BCUT2D eigenvalue weighted by Gasteiger charge is -2.24. The van der Waals surface area contributed by atoms with Gasteiger partial charge in [-0.1, -0.05) is 19.6 Å². The van der Waals surface area contributed by atoms with Crippen molar-refractivity contribution in [3.05, 3.63) is 0 Å². The van der Waals surface area contributed by atoms with Crippen LogP contribution in [0.2, 0.25) is 19.6 Å². The molecule has 6 heteroatoms. The minimum Gasteiger partial charge on any atom is -0.480 e. The molecule has 2 N–H and O–H groups in total. The van der Waals surface area contributed by atoms with Crippen LogP contribution in [0, 0.1) is 0 Å². The Balaban J connectivity index is 3.84. The Hall–Kier alpha value is -0.433. The number of carboxylic acid groups (broad SMARTS) is 1. The van der Waals surface area contributed by atoms with Crippen molar-refractivity contribution in [2.75, 3.05) is 26.4 Å². The molecule has 0 saturated heterocycles. The maximum Gasteiger partial charge on any atom is 0.329 e. The van der Waals surface area contributed by atoms with E-state index in [1.165, 1.54) is 0 Å². The van der Waals surface area contributed by atoms with E-state index < -0.39 is 19.8 Å². The smallest absolute Gasteiger partial charge is 0.329 e. The Morgan fingerprint density at radius 2 is 1.87 bits per heavy atom. The van der Waals surface area contributed by atoms with Crippen LogP contribution >= 0.6 is 0 Å². The second-order valence-electron chi connectivity index (χ2n) is 4.29. The largest absolute Gasteiger partial charge is 0.480 e. The van der Waals surface area contributed by atoms with E-state index in [0.717, 1.165) is 0 Å². The summed E-state index contributed by atoms with van der Waals surface area (Å²) in [4.78, 5) is 10.9. The molecule has 0 heterocycles. The molecule has 0 rings (SSSR count). The summed E-state index contributed by atoms with van der Waals surface area (Å²) in [7, 11) is -1.84. The standard InChI is InChI=1S/C9H20O5Si/c1-15(2,3)9(8(11)12)14-7-6-13-5-4-10/h9-10H,4-7H2,1-3H3,(H,11,12). The molecule has 0 aliphatic carbocycles. The highest BCUT2D eigenvalue weighted by molar-refractivity contribution is 6.80. The summed E-state index contributed by atoms with van der Waals surface area (Å²) in [6.07, 6.45) is 0. The molecule has 0 saturated carbocycles. The van der Waals surface area contributed by atoms with E-state index in [0.29, 0.717) is 6.61 Å². The predicted octanol–water partition coefficient (Wildman–Crippen LogP) is 0.342. The van der Waals surface area contributed by atoms with Crippen LogP contribution in [0.5, 0.6) is 0 Å². The van der Waals surface area contributed by atoms with Gasteiger partial charge < -0.3 is 19.7 Å². The highest BCUT2D eigenvalue weighted by Crippen LogP contribution is 2.11. The summed E-state index contributed by atoms with van der Waals surface area (Å²) >= 11 is 0. The Morgan fingerprint density at radius 3 is 2.27 bits per heavy atom. The summed E-state index contributed by atoms with van der Waals surface area (Å²) in [5.74, 6) is -0.906. The molecule has 0 aliphatic heterocycles. The number of aliphatic carboxylic acids is 1. The molecule has 0 aromatic heterocycles. The molecule has 0 amide bonds. The van der Waals surface area contributed by atoms with Gasteiger partial charge in [-0.2, -0.15) is 0 Å². The monoisotopic (exact) mass is 236 g/mol. The van der Waals surface area contributed by atoms with Crippen molar-refractivity contribution in [3.63, 3.8) is 0 Å². The van der Waals surface area contributed by atoms with Gasteiger partial charge in [0.05, 0.1) is 34.5 Å². The number of rotatable bonds is 8. The third-order valence-corrected chi connectivity index (χ3v) is 3.75. The molecule has 0 radical (unpaired) electrons. The van der Waals surface area contributed by atoms with Gasteiger partial charge in [-0.15, -0.1) is 0 Å². The molecule has 0 bridgehead atoms. The second kappa shape index (κ2) is 6.94. The van der Waals surface area contributed by atoms with E-state index in [4.69, 9.17) is 19.7 Å². The highest BCUT2D eigenvalue weighted by Gasteiger charge is 2.33. The lowest BCUT2D eigenvalue weighted by Crippen LogP contribution is -2.46. The van der Waals surface area contributed by atoms with Crippen LogP contribution in [0.3, 0.4) is 0 Å². The van der Waals surface area contributed by atoms with Crippen LogP contribution in [0.4, 0.5) is 0 Å². The third-order valence-electron chi connectivity index (χ3n) is 1.76. The van der Waals surface area contributed by atoms with Gasteiger partial charge in [0.2, 0.25) is 0 Å². The van der Waals surface area contributed by atoms with Crippen molar-refractivity contribution in [2.45, 2.75) is 25.4 Å². The summed E-state index contributed by atoms with van der Waals surface area (Å²) in [6.45, 7) is 6.63. The lowest BCUT2D eigenvalue weighted by atomic mass is 10.7. The number of carboxylic acids is 1. The van der Waals surface area contributed by atoms with E-state index >= 15 is 0 Å². The predicted molar refractivity (Wildman–Crippen MR) is 58.6 cm³/mol. The molecule has 5 nitrogen and oxygen atoms in total. The number of ether oxygens (including phenoxy) is 2. The molecular weight excluding hydrogens is 216 g/mol. The zero-order valence-corrected chi connectivity index (χ0v) is 10.5. The Labute approximate surface area is 91.0 Å². The first-order chi connectivity index (χ1) is 6.89. The summed E-state index contributed by atoms with van der Waals surface area (Å²) in [5, 5.41) is 17.4. The lowest BCUT2D eigenvalue weighted by molar-refractivity contribution is -0.146. The maximum atomic E-state index is 10.9. The van der Waals surface area contributed by atoms with Crippen LogP contribution in [-0.2, 0) is 14.3 Å². The van der Waals surface area contributed by atoms with Crippen molar-refractivity contribution < 1.29 is 24.5 Å². The summed E-state index contributed by atoms with van der Waals surface area (Å²) < 4.78 is 10.2. The van der Waals surface area contributed by atoms with Crippen LogP contribution in [0.15, 0.2) is 0 Å². The Bertz CT molecular complexity index is 189. The summed E-state index contributed by atoms with van der Waals surface area (Å²) in [5.41, 5.74) is -0.699. The number of aliphatic hydroxyl groups excluding tert-OH is 1. The normalized spacial score (nSPS) is 13.9. The molecule has 0 aromatic carbocycles. The van der Waals surface area contributed by atoms with Crippen molar-refractivity contribution in [2.24, 2.45) is 0 Å². The zero-order chi connectivity index (χ0) is 11.9. The second-order valence-corrected chi connectivity index (χ2v) is 9.55. The first kappa shape index (κ1) is 14.6. The maximum absolute atomic E-state index is 10.9. The fourth-order valence-electron chi connectivity index (χ4n) is 1.08. The number of hydrogen-bond acceptors (Lipinski definition) is 4. The molecule has 0 spiro atoms. The Kier molecular flexibility index (Phi) is 6.74. The van der Waals surface area contributed by atoms with Crippen molar-refractivity contribution in [1.29, 1.82) is 0 Å². The molecule has 0 fully saturated rings. The zero-order valence-electron chi connectivity index (χ0n) is 9.52. The molecule has 1 atom stereocenters. The Morgan fingerprint density at radius 1 is 1.27 bits per heavy atom. The third kappa shape index (κ3) is 6.61. The fraction of sp³-hybridized carbons (Fsp3) is 0.889. The molecule has 1 unspecified atom stereocenters. The SMILES string of the molecule is C[Si](C)(C)C(OCCOCCO)C(=O)O. The van der Waals surface area contributed by atoms with Gasteiger partial charge in [-0.3, -0.25) is 0 Å². The number of hydrogen-bond donors (Lipinski definition) is 2. The number of carbonyl (C=O) groups is 1. The average Bonchev–Trinajstić information content (AvgIpc) is 2.08. The minimum absolute atomic E-state index is 0.0314. The van der Waals surface area contributed by atoms with E-state index in [1.807, 2.05) is 19.6 Å². The topological polar surface area (TPSA) is 76.0 Å². The van der Waals surface area contributed by atoms with Crippen molar-refractivity contribution in [3.8, 4) is 0 Å². The van der Waals surface area contributed by atoms with E-state index in [1.54, 1.807) is 0 Å². The molecular formula is C9H20O5Si. The molecule has 15 heavy (non-hydrogen) atoms. The van der Waals surface area contributed by atoms with Gasteiger partial charge in [0, 0.05) is 0 Å². The van der Waals surface area contributed by atoms with Crippen LogP contribution in [0.1, 0.15) is 0 Å². The van der Waals surface area contributed by atoms with E-state index in [9.17, 15) is 4.79 Å².